The molecule has 17 heavy (non-hydrogen) atoms. The molecular formula is C10H9NO4S2. The molecule has 0 N–H and O–H groups in total. The van der Waals surface area contributed by atoms with Crippen molar-refractivity contribution in [2.75, 3.05) is 5.75 Å². The summed E-state index contributed by atoms with van der Waals surface area (Å²) in [6.45, 7) is 1.82. The molecule has 0 saturated carbocycles. The Morgan fingerprint density at radius 3 is 2.24 bits per heavy atom. The Morgan fingerprint density at radius 1 is 1.18 bits per heavy atom. The fourth-order valence-electron chi connectivity index (χ4n) is 1.39. The van der Waals surface area contributed by atoms with Crippen LogP contribution >= 0.6 is 11.8 Å². The number of carbonyl (C=O) groups excluding carboxylic acids is 2. The molecule has 0 aromatic heterocycles. The molecule has 0 spiro atoms. The van der Waals surface area contributed by atoms with Crippen LogP contribution in [-0.4, -0.2) is 29.6 Å². The molecule has 1 aliphatic rings. The monoisotopic (exact) mass is 271 g/mol. The Bertz CT molecular complexity index is 561. The Labute approximate surface area is 103 Å². The maximum absolute atomic E-state index is 12.0. The van der Waals surface area contributed by atoms with Crippen LogP contribution in [0.1, 0.15) is 5.56 Å². The lowest BCUT2D eigenvalue weighted by Crippen LogP contribution is -2.35. The lowest BCUT2D eigenvalue weighted by atomic mass is 10.2. The Balaban J connectivity index is 2.46. The van der Waals surface area contributed by atoms with Gasteiger partial charge in [-0.15, -0.1) is 0 Å². The van der Waals surface area contributed by atoms with Gasteiger partial charge in [-0.05, 0) is 19.1 Å². The zero-order valence-corrected chi connectivity index (χ0v) is 10.5. The minimum Gasteiger partial charge on any atom is -0.272 e. The summed E-state index contributed by atoms with van der Waals surface area (Å²) >= 11 is 0.696. The largest absolute Gasteiger partial charge is 0.303 e. The number of thioether (sulfide) groups is 1. The number of aryl methyl sites for hydroxylation is 1. The molecule has 0 aliphatic carbocycles. The predicted molar refractivity (Wildman–Crippen MR) is 63.1 cm³/mol. The lowest BCUT2D eigenvalue weighted by molar-refractivity contribution is -0.121. The minimum absolute atomic E-state index is 0.0488. The van der Waals surface area contributed by atoms with Crippen LogP contribution in [0.5, 0.6) is 0 Å². The van der Waals surface area contributed by atoms with E-state index in [0.717, 1.165) is 5.56 Å². The fraction of sp³-hybridized carbons (Fsp3) is 0.200. The van der Waals surface area contributed by atoms with Crippen molar-refractivity contribution in [2.45, 2.75) is 11.8 Å². The van der Waals surface area contributed by atoms with Crippen LogP contribution in [0.15, 0.2) is 29.2 Å². The van der Waals surface area contributed by atoms with E-state index in [1.165, 1.54) is 12.1 Å². The third-order valence-electron chi connectivity index (χ3n) is 2.27. The summed E-state index contributed by atoms with van der Waals surface area (Å²) < 4.78 is 24.4. The van der Waals surface area contributed by atoms with E-state index in [0.29, 0.717) is 16.1 Å². The molecule has 5 nitrogen and oxygen atoms in total. The van der Waals surface area contributed by atoms with Crippen molar-refractivity contribution in [2.24, 2.45) is 0 Å². The molecule has 1 aromatic carbocycles. The quantitative estimate of drug-likeness (QED) is 0.812. The number of hydrogen-bond donors (Lipinski definition) is 0. The highest BCUT2D eigenvalue weighted by molar-refractivity contribution is 8.16. The van der Waals surface area contributed by atoms with Crippen LogP contribution in [0.2, 0.25) is 0 Å². The molecular weight excluding hydrogens is 262 g/mol. The van der Waals surface area contributed by atoms with Gasteiger partial charge >= 0.3 is 5.24 Å². The second-order valence-corrected chi connectivity index (χ2v) is 6.24. The Hall–Kier alpha value is -1.34. The first-order valence-corrected chi connectivity index (χ1v) is 7.17. The molecule has 1 aliphatic heterocycles. The average Bonchev–Trinajstić information content (AvgIpc) is 2.59. The summed E-state index contributed by atoms with van der Waals surface area (Å²) in [6, 6.07) is 6.00. The van der Waals surface area contributed by atoms with Crippen molar-refractivity contribution in [3.63, 3.8) is 0 Å². The van der Waals surface area contributed by atoms with Gasteiger partial charge in [0.05, 0.1) is 10.6 Å². The average molecular weight is 271 g/mol. The molecule has 0 radical (unpaired) electrons. The smallest absolute Gasteiger partial charge is 0.272 e. The van der Waals surface area contributed by atoms with Crippen molar-refractivity contribution in [3.8, 4) is 0 Å². The van der Waals surface area contributed by atoms with Crippen molar-refractivity contribution >= 4 is 32.9 Å². The summed E-state index contributed by atoms with van der Waals surface area (Å²) in [7, 11) is -4.04. The van der Waals surface area contributed by atoms with Crippen LogP contribution < -0.4 is 0 Å². The second kappa shape index (κ2) is 4.15. The van der Waals surface area contributed by atoms with Crippen molar-refractivity contribution < 1.29 is 18.0 Å². The number of hydrogen-bond acceptors (Lipinski definition) is 5. The third kappa shape index (κ3) is 2.07. The van der Waals surface area contributed by atoms with Gasteiger partial charge in [-0.2, -0.15) is 4.31 Å². The Kier molecular flexibility index (Phi) is 2.96. The highest BCUT2D eigenvalue weighted by Crippen LogP contribution is 2.26. The topological polar surface area (TPSA) is 71.5 Å². The van der Waals surface area contributed by atoms with E-state index in [-0.39, 0.29) is 10.6 Å². The predicted octanol–water partition coefficient (Wildman–Crippen LogP) is 1.38. The number of sulfonamides is 1. The summed E-state index contributed by atoms with van der Waals surface area (Å²) in [5, 5.41) is -0.740. The molecule has 0 unspecified atom stereocenters. The van der Waals surface area contributed by atoms with Crippen LogP contribution in [0.3, 0.4) is 0 Å². The summed E-state index contributed by atoms with van der Waals surface area (Å²) in [6.07, 6.45) is 0. The first kappa shape index (κ1) is 12.1. The van der Waals surface area contributed by atoms with E-state index < -0.39 is 21.2 Å². The fourth-order valence-corrected chi connectivity index (χ4v) is 3.74. The van der Waals surface area contributed by atoms with Gasteiger partial charge in [0.25, 0.3) is 15.9 Å². The minimum atomic E-state index is -4.04. The van der Waals surface area contributed by atoms with Gasteiger partial charge in [0.15, 0.2) is 0 Å². The first-order chi connectivity index (χ1) is 7.93. The molecule has 1 fully saturated rings. The summed E-state index contributed by atoms with van der Waals surface area (Å²) in [4.78, 5) is 22.7. The van der Waals surface area contributed by atoms with Crippen molar-refractivity contribution in [3.05, 3.63) is 29.8 Å². The van der Waals surface area contributed by atoms with Crippen LogP contribution in [0, 0.1) is 6.92 Å². The Morgan fingerprint density at radius 2 is 1.76 bits per heavy atom. The molecule has 2 amide bonds. The van der Waals surface area contributed by atoms with Crippen LogP contribution in [0.4, 0.5) is 4.79 Å². The van der Waals surface area contributed by atoms with Crippen molar-refractivity contribution in [1.29, 1.82) is 0 Å². The number of rotatable bonds is 2. The number of imide groups is 1. The van der Waals surface area contributed by atoms with Gasteiger partial charge < -0.3 is 0 Å². The lowest BCUT2D eigenvalue weighted by Gasteiger charge is -2.13. The normalized spacial score (nSPS) is 16.6. The molecule has 1 saturated heterocycles. The van der Waals surface area contributed by atoms with E-state index in [1.54, 1.807) is 12.1 Å². The summed E-state index contributed by atoms with van der Waals surface area (Å²) in [5.74, 6) is -0.815. The molecule has 0 bridgehead atoms. The second-order valence-electron chi connectivity index (χ2n) is 3.53. The van der Waals surface area contributed by atoms with Gasteiger partial charge in [0.2, 0.25) is 0 Å². The zero-order valence-electron chi connectivity index (χ0n) is 8.91. The summed E-state index contributed by atoms with van der Waals surface area (Å²) in [5.41, 5.74) is 0.900. The van der Waals surface area contributed by atoms with E-state index in [4.69, 9.17) is 0 Å². The SMILES string of the molecule is Cc1ccc(S(=O)(=O)N2C(=O)CSC2=O)cc1. The molecule has 7 heteroatoms. The maximum Gasteiger partial charge on any atom is 0.303 e. The number of benzene rings is 1. The zero-order chi connectivity index (χ0) is 12.6. The van der Waals surface area contributed by atoms with E-state index >= 15 is 0 Å². The maximum atomic E-state index is 12.0. The molecule has 1 heterocycles. The number of amides is 2. The standard InChI is InChI=1S/C10H9NO4S2/c1-7-2-4-8(5-3-7)17(14,15)11-9(12)6-16-10(11)13/h2-5H,6H2,1H3. The third-order valence-corrected chi connectivity index (χ3v) is 4.93. The van der Waals surface area contributed by atoms with E-state index in [1.807, 2.05) is 6.92 Å². The highest BCUT2D eigenvalue weighted by atomic mass is 32.2. The molecule has 2 rings (SSSR count). The van der Waals surface area contributed by atoms with Gasteiger partial charge in [-0.25, -0.2) is 8.42 Å². The van der Waals surface area contributed by atoms with Gasteiger partial charge in [0.1, 0.15) is 0 Å². The first-order valence-electron chi connectivity index (χ1n) is 4.74. The van der Waals surface area contributed by atoms with Crippen molar-refractivity contribution in [1.82, 2.24) is 4.31 Å². The molecule has 0 atom stereocenters. The van der Waals surface area contributed by atoms with E-state index in [9.17, 15) is 18.0 Å². The van der Waals surface area contributed by atoms with Crippen LogP contribution in [0.25, 0.3) is 0 Å². The number of nitrogens with zero attached hydrogens (tertiary/aromatic N) is 1. The van der Waals surface area contributed by atoms with Gasteiger partial charge in [-0.1, -0.05) is 29.5 Å². The van der Waals surface area contributed by atoms with E-state index in [2.05, 4.69) is 0 Å². The van der Waals surface area contributed by atoms with Gasteiger partial charge in [0, 0.05) is 0 Å². The van der Waals surface area contributed by atoms with Crippen LogP contribution in [-0.2, 0) is 14.8 Å². The van der Waals surface area contributed by atoms with Gasteiger partial charge in [-0.3, -0.25) is 9.59 Å². The highest BCUT2D eigenvalue weighted by Gasteiger charge is 2.40. The molecule has 90 valence electrons. The molecule has 1 aromatic rings. The number of carbonyl (C=O) groups is 2.